The van der Waals surface area contributed by atoms with Crippen molar-refractivity contribution in [3.05, 3.63) is 75.7 Å². The Labute approximate surface area is 236 Å². The van der Waals surface area contributed by atoms with E-state index in [0.29, 0.717) is 27.4 Å². The Kier molecular flexibility index (Phi) is 8.23. The minimum Gasteiger partial charge on any atom is -0.352 e. The maximum absolute atomic E-state index is 14.3. The van der Waals surface area contributed by atoms with Gasteiger partial charge in [-0.25, -0.2) is 4.39 Å². The van der Waals surface area contributed by atoms with Crippen LogP contribution in [0.5, 0.6) is 0 Å². The van der Waals surface area contributed by atoms with Crippen LogP contribution in [0.15, 0.2) is 42.6 Å². The third-order valence-corrected chi connectivity index (χ3v) is 7.50. The van der Waals surface area contributed by atoms with Crippen molar-refractivity contribution in [3.63, 3.8) is 0 Å². The third-order valence-electron chi connectivity index (χ3n) is 6.30. The van der Waals surface area contributed by atoms with E-state index in [1.807, 2.05) is 41.5 Å². The fourth-order valence-corrected chi connectivity index (χ4v) is 5.05. The molecule has 2 aromatic heterocycles. The van der Waals surface area contributed by atoms with Crippen molar-refractivity contribution < 1.29 is 14.0 Å². The standard InChI is InChI=1S/C29H31ClFN5O2S/c1-15(2)19-12-18(31)13-23(16(19)3)34-26-24-25(39-36-26)22(9-10-32-24)35-27(37)20-11-17(7-8-21(20)30)14-33-28(38)29(4,5)6/h7-13,15H,14H2,1-6H3,(H,33,38)(H,34,36)(H,32,35,37). The molecule has 2 aromatic carbocycles. The molecule has 0 aliphatic carbocycles. The SMILES string of the molecule is Cc1c(Nc2nsc3c(NC(=O)c4cc(CNC(=O)C(C)(C)C)ccc4Cl)ccnc23)cc(F)cc1C(C)C. The average Bonchev–Trinajstić information content (AvgIpc) is 3.28. The number of benzene rings is 2. The van der Waals surface area contributed by atoms with Gasteiger partial charge in [-0.3, -0.25) is 14.6 Å². The van der Waals surface area contributed by atoms with Crippen LogP contribution in [-0.4, -0.2) is 21.2 Å². The number of rotatable bonds is 7. The van der Waals surface area contributed by atoms with E-state index in [-0.39, 0.29) is 34.8 Å². The maximum Gasteiger partial charge on any atom is 0.257 e. The molecule has 2 amide bonds. The minimum absolute atomic E-state index is 0.0916. The van der Waals surface area contributed by atoms with Gasteiger partial charge in [0, 0.05) is 23.8 Å². The van der Waals surface area contributed by atoms with Gasteiger partial charge in [0.15, 0.2) is 5.82 Å². The lowest BCUT2D eigenvalue weighted by atomic mass is 9.95. The van der Waals surface area contributed by atoms with Crippen LogP contribution >= 0.6 is 23.1 Å². The van der Waals surface area contributed by atoms with Gasteiger partial charge in [-0.05, 0) is 71.4 Å². The highest BCUT2D eigenvalue weighted by atomic mass is 35.5. The molecule has 0 aliphatic rings. The van der Waals surface area contributed by atoms with Crippen molar-refractivity contribution in [3.8, 4) is 0 Å². The van der Waals surface area contributed by atoms with E-state index >= 15 is 0 Å². The molecular weight excluding hydrogens is 537 g/mol. The maximum atomic E-state index is 14.3. The van der Waals surface area contributed by atoms with Crippen LogP contribution in [0.1, 0.15) is 67.6 Å². The first-order chi connectivity index (χ1) is 18.3. The number of amides is 2. The third kappa shape index (κ3) is 6.37. The first-order valence-electron chi connectivity index (χ1n) is 12.5. The molecule has 0 radical (unpaired) electrons. The topological polar surface area (TPSA) is 96.0 Å². The Morgan fingerprint density at radius 2 is 1.85 bits per heavy atom. The van der Waals surface area contributed by atoms with Crippen LogP contribution in [0.3, 0.4) is 0 Å². The molecule has 0 aliphatic heterocycles. The highest BCUT2D eigenvalue weighted by molar-refractivity contribution is 7.14. The second-order valence-corrected chi connectivity index (χ2v) is 11.9. The number of carbonyl (C=O) groups excluding carboxylic acids is 2. The van der Waals surface area contributed by atoms with Crippen molar-refractivity contribution in [2.75, 3.05) is 10.6 Å². The van der Waals surface area contributed by atoms with E-state index < -0.39 is 11.3 Å². The van der Waals surface area contributed by atoms with Crippen LogP contribution in [0.25, 0.3) is 10.2 Å². The molecule has 0 fully saturated rings. The molecule has 0 spiro atoms. The molecule has 0 saturated carbocycles. The predicted octanol–water partition coefficient (Wildman–Crippen LogP) is 7.57. The van der Waals surface area contributed by atoms with E-state index in [1.165, 1.54) is 17.6 Å². The molecule has 7 nitrogen and oxygen atoms in total. The van der Waals surface area contributed by atoms with Gasteiger partial charge >= 0.3 is 0 Å². The second-order valence-electron chi connectivity index (χ2n) is 10.7. The largest absolute Gasteiger partial charge is 0.352 e. The van der Waals surface area contributed by atoms with Crippen LogP contribution in [-0.2, 0) is 11.3 Å². The van der Waals surface area contributed by atoms with Crippen LogP contribution < -0.4 is 16.0 Å². The number of halogens is 2. The first-order valence-corrected chi connectivity index (χ1v) is 13.7. The van der Waals surface area contributed by atoms with E-state index in [1.54, 1.807) is 36.5 Å². The molecule has 10 heteroatoms. The first kappa shape index (κ1) is 28.4. The summed E-state index contributed by atoms with van der Waals surface area (Å²) in [4.78, 5) is 29.9. The predicted molar refractivity (Wildman–Crippen MR) is 157 cm³/mol. The molecule has 0 bridgehead atoms. The summed E-state index contributed by atoms with van der Waals surface area (Å²) in [6.07, 6.45) is 1.58. The zero-order valence-electron chi connectivity index (χ0n) is 22.7. The van der Waals surface area contributed by atoms with Gasteiger partial charge in [-0.15, -0.1) is 0 Å². The monoisotopic (exact) mass is 567 g/mol. The van der Waals surface area contributed by atoms with Crippen LogP contribution in [0, 0.1) is 18.2 Å². The van der Waals surface area contributed by atoms with Crippen molar-refractivity contribution in [1.82, 2.24) is 14.7 Å². The van der Waals surface area contributed by atoms with Crippen molar-refractivity contribution >= 4 is 62.4 Å². The molecule has 3 N–H and O–H groups in total. The van der Waals surface area contributed by atoms with E-state index in [4.69, 9.17) is 11.6 Å². The molecule has 0 atom stereocenters. The Balaban J connectivity index is 1.57. The number of fused-ring (bicyclic) bond motifs is 1. The molecule has 2 heterocycles. The summed E-state index contributed by atoms with van der Waals surface area (Å²) in [5.74, 6) is -0.185. The quantitative estimate of drug-likeness (QED) is 0.214. The van der Waals surface area contributed by atoms with Gasteiger partial charge in [-0.2, -0.15) is 4.37 Å². The smallest absolute Gasteiger partial charge is 0.257 e. The average molecular weight is 568 g/mol. The number of anilines is 3. The second kappa shape index (κ2) is 11.3. The highest BCUT2D eigenvalue weighted by Crippen LogP contribution is 2.35. The number of nitrogens with zero attached hydrogens (tertiary/aromatic N) is 2. The number of hydrogen-bond acceptors (Lipinski definition) is 6. The van der Waals surface area contributed by atoms with E-state index in [2.05, 4.69) is 25.3 Å². The molecular formula is C29H31ClFN5O2S. The highest BCUT2D eigenvalue weighted by Gasteiger charge is 2.21. The van der Waals surface area contributed by atoms with Crippen molar-refractivity contribution in [2.24, 2.45) is 5.41 Å². The van der Waals surface area contributed by atoms with Crippen LogP contribution in [0.2, 0.25) is 5.02 Å². The molecule has 0 saturated heterocycles. The minimum atomic E-state index is -0.522. The molecule has 0 unspecified atom stereocenters. The summed E-state index contributed by atoms with van der Waals surface area (Å²) in [6, 6.07) is 9.75. The van der Waals surface area contributed by atoms with Crippen LogP contribution in [0.4, 0.5) is 21.6 Å². The number of hydrogen-bond donors (Lipinski definition) is 3. The molecule has 204 valence electrons. The van der Waals surface area contributed by atoms with E-state index in [9.17, 15) is 14.0 Å². The Hall–Kier alpha value is -3.56. The van der Waals surface area contributed by atoms with Gasteiger partial charge in [0.1, 0.15) is 11.3 Å². The summed E-state index contributed by atoms with van der Waals surface area (Å²) in [6.45, 7) is 11.8. The number of aromatic nitrogens is 2. The fraction of sp³-hybridized carbons (Fsp3) is 0.310. The summed E-state index contributed by atoms with van der Waals surface area (Å²) in [5.41, 5.74) is 4.05. The number of nitrogens with one attached hydrogen (secondary N) is 3. The van der Waals surface area contributed by atoms with E-state index in [0.717, 1.165) is 16.7 Å². The van der Waals surface area contributed by atoms with Gasteiger partial charge in [0.2, 0.25) is 5.91 Å². The Morgan fingerprint density at radius 3 is 2.54 bits per heavy atom. The van der Waals surface area contributed by atoms with Gasteiger partial charge < -0.3 is 16.0 Å². The zero-order chi connectivity index (χ0) is 28.5. The van der Waals surface area contributed by atoms with Gasteiger partial charge in [-0.1, -0.05) is 52.3 Å². The van der Waals surface area contributed by atoms with Gasteiger partial charge in [0.25, 0.3) is 5.91 Å². The lowest BCUT2D eigenvalue weighted by Crippen LogP contribution is -2.34. The summed E-state index contributed by atoms with van der Waals surface area (Å²) < 4.78 is 19.5. The zero-order valence-corrected chi connectivity index (χ0v) is 24.3. The fourth-order valence-electron chi connectivity index (χ4n) is 4.08. The van der Waals surface area contributed by atoms with Crippen molar-refractivity contribution in [1.29, 1.82) is 0 Å². The molecule has 4 rings (SSSR count). The van der Waals surface area contributed by atoms with Gasteiger partial charge in [0.05, 0.1) is 21.0 Å². The summed E-state index contributed by atoms with van der Waals surface area (Å²) >= 11 is 7.53. The molecule has 4 aromatic rings. The lowest BCUT2D eigenvalue weighted by molar-refractivity contribution is -0.128. The summed E-state index contributed by atoms with van der Waals surface area (Å²) in [5, 5.41) is 9.30. The Bertz CT molecular complexity index is 1560. The number of pyridine rings is 1. The lowest BCUT2D eigenvalue weighted by Gasteiger charge is -2.18. The molecule has 39 heavy (non-hydrogen) atoms. The van der Waals surface area contributed by atoms with Crippen molar-refractivity contribution in [2.45, 2.75) is 54.0 Å². The summed E-state index contributed by atoms with van der Waals surface area (Å²) in [7, 11) is 0. The normalized spacial score (nSPS) is 11.6. The Morgan fingerprint density at radius 1 is 1.10 bits per heavy atom. The number of carbonyl (C=O) groups is 2.